The molecule has 1 aliphatic carbocycles. The van der Waals surface area contributed by atoms with Gasteiger partial charge in [0.25, 0.3) is 5.91 Å². The summed E-state index contributed by atoms with van der Waals surface area (Å²) in [7, 11) is 4.08. The molecule has 0 saturated carbocycles. The number of fused-ring (bicyclic) bond motifs is 1. The normalized spacial score (nSPS) is 27.2. The fourth-order valence-corrected chi connectivity index (χ4v) is 4.86. The number of rotatable bonds is 1. The molecule has 1 spiro atoms. The number of carbonyl (C=O) groups is 2. The van der Waals surface area contributed by atoms with E-state index in [0.717, 1.165) is 50.8 Å². The first-order valence-corrected chi connectivity index (χ1v) is 9.82. The zero-order valence-electron chi connectivity index (χ0n) is 15.9. The molecule has 4 rings (SSSR count). The van der Waals surface area contributed by atoms with Gasteiger partial charge in [-0.05, 0) is 45.6 Å². The minimum atomic E-state index is -0.109. The molecule has 7 nitrogen and oxygen atoms in total. The Labute approximate surface area is 154 Å². The number of hydrogen-bond donors (Lipinski definition) is 1. The Kier molecular flexibility index (Phi) is 4.50. The van der Waals surface area contributed by atoms with Gasteiger partial charge in [0.05, 0.1) is 0 Å². The monoisotopic (exact) mass is 359 g/mol. The van der Waals surface area contributed by atoms with Crippen molar-refractivity contribution in [2.75, 3.05) is 33.2 Å². The fourth-order valence-electron chi connectivity index (χ4n) is 4.86. The summed E-state index contributed by atoms with van der Waals surface area (Å²) >= 11 is 0. The highest BCUT2D eigenvalue weighted by molar-refractivity contribution is 5.94. The summed E-state index contributed by atoms with van der Waals surface area (Å²) in [6.07, 6.45) is 6.52. The first kappa shape index (κ1) is 17.5. The highest BCUT2D eigenvalue weighted by Gasteiger charge is 2.43. The lowest BCUT2D eigenvalue weighted by atomic mass is 9.86. The second kappa shape index (κ2) is 6.68. The zero-order chi connectivity index (χ0) is 18.3. The van der Waals surface area contributed by atoms with Crippen LogP contribution in [-0.2, 0) is 24.7 Å². The van der Waals surface area contributed by atoms with Crippen LogP contribution in [-0.4, -0.2) is 70.2 Å². The number of nitrogens with one attached hydrogen (secondary N) is 1. The molecule has 0 bridgehead atoms. The summed E-state index contributed by atoms with van der Waals surface area (Å²) in [5.74, 6) is 0.192. The van der Waals surface area contributed by atoms with E-state index in [9.17, 15) is 9.59 Å². The van der Waals surface area contributed by atoms with Gasteiger partial charge in [-0.3, -0.25) is 19.2 Å². The second-order valence-electron chi connectivity index (χ2n) is 8.08. The van der Waals surface area contributed by atoms with Crippen molar-refractivity contribution in [1.82, 2.24) is 24.9 Å². The Morgan fingerprint density at radius 2 is 1.92 bits per heavy atom. The summed E-state index contributed by atoms with van der Waals surface area (Å²) in [5, 5.41) is 7.57. The van der Waals surface area contributed by atoms with Crippen LogP contribution in [0.4, 0.5) is 0 Å². The van der Waals surface area contributed by atoms with Crippen LogP contribution in [0.15, 0.2) is 0 Å². The Hall–Kier alpha value is -1.89. The van der Waals surface area contributed by atoms with Crippen molar-refractivity contribution in [2.24, 2.45) is 7.05 Å². The van der Waals surface area contributed by atoms with Crippen molar-refractivity contribution in [2.45, 2.75) is 50.5 Å². The standard InChI is InChI=1S/C19H29N5O2/c1-22-11-12-24(13-19(22)8-7-16(25)20-10-9-19)18(26)17-14-5-3-4-6-15(14)23(2)21-17/h3-13H2,1-2H3,(H,20,25)/t19-/m0/s1. The van der Waals surface area contributed by atoms with Crippen LogP contribution < -0.4 is 5.32 Å². The average molecular weight is 359 g/mol. The second-order valence-corrected chi connectivity index (χ2v) is 8.08. The van der Waals surface area contributed by atoms with Crippen LogP contribution in [0.3, 0.4) is 0 Å². The van der Waals surface area contributed by atoms with E-state index in [-0.39, 0.29) is 17.4 Å². The minimum absolute atomic E-state index is 0.0692. The average Bonchev–Trinajstić information content (AvgIpc) is 2.87. The van der Waals surface area contributed by atoms with Crippen molar-refractivity contribution >= 4 is 11.8 Å². The molecule has 7 heteroatoms. The summed E-state index contributed by atoms with van der Waals surface area (Å²) in [6.45, 7) is 2.94. The predicted molar refractivity (Wildman–Crippen MR) is 98.0 cm³/mol. The molecule has 26 heavy (non-hydrogen) atoms. The number of piperazine rings is 1. The van der Waals surface area contributed by atoms with Gasteiger partial charge in [0.1, 0.15) is 0 Å². The van der Waals surface area contributed by atoms with Gasteiger partial charge in [0.2, 0.25) is 5.91 Å². The van der Waals surface area contributed by atoms with Gasteiger partial charge in [-0.1, -0.05) is 0 Å². The van der Waals surface area contributed by atoms with E-state index in [4.69, 9.17) is 0 Å². The molecule has 3 heterocycles. The third kappa shape index (κ3) is 2.92. The highest BCUT2D eigenvalue weighted by Crippen LogP contribution is 2.32. The molecule has 1 aromatic heterocycles. The first-order chi connectivity index (χ1) is 12.5. The lowest BCUT2D eigenvalue weighted by Gasteiger charge is -2.49. The fraction of sp³-hybridized carbons (Fsp3) is 0.737. The highest BCUT2D eigenvalue weighted by atomic mass is 16.2. The number of amides is 2. The summed E-state index contributed by atoms with van der Waals surface area (Å²) in [6, 6.07) is 0. The molecule has 2 aliphatic heterocycles. The van der Waals surface area contributed by atoms with E-state index in [1.165, 1.54) is 12.1 Å². The van der Waals surface area contributed by atoms with Crippen molar-refractivity contribution in [3.8, 4) is 0 Å². The Balaban J connectivity index is 1.58. The summed E-state index contributed by atoms with van der Waals surface area (Å²) < 4.78 is 1.90. The SMILES string of the molecule is CN1CCN(C(=O)c2nn(C)c3c2CCCC3)C[C@]12CCNC(=O)CC2. The maximum atomic E-state index is 13.3. The molecule has 0 aromatic carbocycles. The van der Waals surface area contributed by atoms with Gasteiger partial charge in [-0.15, -0.1) is 0 Å². The Morgan fingerprint density at radius 3 is 2.77 bits per heavy atom. The molecule has 0 unspecified atom stereocenters. The summed E-state index contributed by atoms with van der Waals surface area (Å²) in [5.41, 5.74) is 2.94. The third-order valence-corrected chi connectivity index (χ3v) is 6.59. The van der Waals surface area contributed by atoms with E-state index >= 15 is 0 Å². The van der Waals surface area contributed by atoms with Crippen molar-refractivity contribution < 1.29 is 9.59 Å². The van der Waals surface area contributed by atoms with E-state index in [1.54, 1.807) is 0 Å². The lowest BCUT2D eigenvalue weighted by molar-refractivity contribution is -0.121. The van der Waals surface area contributed by atoms with Crippen molar-refractivity contribution in [3.05, 3.63) is 17.0 Å². The van der Waals surface area contributed by atoms with Crippen LogP contribution >= 0.6 is 0 Å². The van der Waals surface area contributed by atoms with Crippen LogP contribution in [0.2, 0.25) is 0 Å². The van der Waals surface area contributed by atoms with Crippen LogP contribution in [0.1, 0.15) is 53.8 Å². The van der Waals surface area contributed by atoms with Gasteiger partial charge in [0.15, 0.2) is 5.69 Å². The molecular weight excluding hydrogens is 330 g/mol. The van der Waals surface area contributed by atoms with E-state index in [2.05, 4.69) is 22.4 Å². The molecule has 0 radical (unpaired) electrons. The molecule has 3 aliphatic rings. The lowest BCUT2D eigenvalue weighted by Crippen LogP contribution is -2.62. The van der Waals surface area contributed by atoms with Gasteiger partial charge in [0, 0.05) is 56.4 Å². The van der Waals surface area contributed by atoms with Crippen LogP contribution in [0, 0.1) is 0 Å². The molecular formula is C19H29N5O2. The molecule has 2 fully saturated rings. The van der Waals surface area contributed by atoms with Crippen LogP contribution in [0.25, 0.3) is 0 Å². The van der Waals surface area contributed by atoms with Gasteiger partial charge >= 0.3 is 0 Å². The topological polar surface area (TPSA) is 70.5 Å². The van der Waals surface area contributed by atoms with Crippen molar-refractivity contribution in [1.29, 1.82) is 0 Å². The zero-order valence-corrected chi connectivity index (χ0v) is 15.9. The predicted octanol–water partition coefficient (Wildman–Crippen LogP) is 0.725. The number of aromatic nitrogens is 2. The first-order valence-electron chi connectivity index (χ1n) is 9.82. The quantitative estimate of drug-likeness (QED) is 0.802. The number of likely N-dealkylation sites (N-methyl/N-ethyl adjacent to an activating group) is 1. The van der Waals surface area contributed by atoms with Gasteiger partial charge < -0.3 is 10.2 Å². The maximum Gasteiger partial charge on any atom is 0.274 e. The minimum Gasteiger partial charge on any atom is -0.356 e. The molecule has 2 amide bonds. The van der Waals surface area contributed by atoms with Crippen LogP contribution in [0.5, 0.6) is 0 Å². The van der Waals surface area contributed by atoms with Crippen molar-refractivity contribution in [3.63, 3.8) is 0 Å². The molecule has 1 aromatic rings. The molecule has 1 N–H and O–H groups in total. The van der Waals surface area contributed by atoms with E-state index < -0.39 is 0 Å². The maximum absolute atomic E-state index is 13.3. The smallest absolute Gasteiger partial charge is 0.274 e. The Bertz CT molecular complexity index is 728. The number of hydrogen-bond acceptors (Lipinski definition) is 4. The molecule has 2 saturated heterocycles. The van der Waals surface area contributed by atoms with Gasteiger partial charge in [-0.25, -0.2) is 0 Å². The molecule has 1 atom stereocenters. The number of carbonyl (C=O) groups excluding carboxylic acids is 2. The summed E-state index contributed by atoms with van der Waals surface area (Å²) in [4.78, 5) is 29.4. The molecule has 142 valence electrons. The largest absolute Gasteiger partial charge is 0.356 e. The Morgan fingerprint density at radius 1 is 1.12 bits per heavy atom. The van der Waals surface area contributed by atoms with Gasteiger partial charge in [-0.2, -0.15) is 5.10 Å². The number of aryl methyl sites for hydroxylation is 1. The van der Waals surface area contributed by atoms with E-state index in [1.807, 2.05) is 16.6 Å². The number of nitrogens with zero attached hydrogens (tertiary/aromatic N) is 4. The van der Waals surface area contributed by atoms with E-state index in [0.29, 0.717) is 25.2 Å². The third-order valence-electron chi connectivity index (χ3n) is 6.59.